The van der Waals surface area contributed by atoms with Gasteiger partial charge in [-0.05, 0) is 26.2 Å². The van der Waals surface area contributed by atoms with Crippen LogP contribution in [0.3, 0.4) is 0 Å². The van der Waals surface area contributed by atoms with Crippen molar-refractivity contribution >= 4 is 11.9 Å². The molecular formula is C13H21NO4. The lowest BCUT2D eigenvalue weighted by Crippen LogP contribution is -2.50. The molecule has 1 aliphatic carbocycles. The third-order valence-corrected chi connectivity index (χ3v) is 4.02. The number of morpholine rings is 1. The second kappa shape index (κ2) is 5.69. The van der Waals surface area contributed by atoms with Gasteiger partial charge >= 0.3 is 5.97 Å². The molecule has 18 heavy (non-hydrogen) atoms. The molecule has 2 aliphatic rings. The molecule has 1 saturated heterocycles. The van der Waals surface area contributed by atoms with Crippen LogP contribution in [0.5, 0.6) is 0 Å². The first kappa shape index (κ1) is 13.3. The Morgan fingerprint density at radius 3 is 2.67 bits per heavy atom. The molecule has 0 radical (unpaired) electrons. The van der Waals surface area contributed by atoms with Crippen molar-refractivity contribution in [3.05, 3.63) is 0 Å². The van der Waals surface area contributed by atoms with Crippen LogP contribution in [0, 0.1) is 11.8 Å². The van der Waals surface area contributed by atoms with Crippen LogP contribution >= 0.6 is 0 Å². The molecule has 1 amide bonds. The standard InChI is InChI=1S/C13H21NO4/c1-9-8-18-6-5-14(9)12(15)10-3-2-4-11(7-10)13(16)17/h9-11H,2-8H2,1H3,(H,16,17). The number of rotatable bonds is 2. The summed E-state index contributed by atoms with van der Waals surface area (Å²) >= 11 is 0. The number of hydrogen-bond acceptors (Lipinski definition) is 3. The van der Waals surface area contributed by atoms with E-state index in [1.54, 1.807) is 0 Å². The molecule has 5 heteroatoms. The maximum Gasteiger partial charge on any atom is 0.306 e. The molecule has 1 saturated carbocycles. The Morgan fingerprint density at radius 1 is 1.28 bits per heavy atom. The van der Waals surface area contributed by atoms with E-state index in [0.29, 0.717) is 32.6 Å². The fourth-order valence-electron chi connectivity index (χ4n) is 2.93. The van der Waals surface area contributed by atoms with Crippen LogP contribution in [0.4, 0.5) is 0 Å². The van der Waals surface area contributed by atoms with E-state index in [9.17, 15) is 9.59 Å². The zero-order valence-electron chi connectivity index (χ0n) is 10.8. The Hall–Kier alpha value is -1.10. The highest BCUT2D eigenvalue weighted by Gasteiger charge is 2.35. The van der Waals surface area contributed by atoms with Gasteiger partial charge in [-0.2, -0.15) is 0 Å². The van der Waals surface area contributed by atoms with E-state index < -0.39 is 5.97 Å². The average Bonchev–Trinajstić information content (AvgIpc) is 2.38. The van der Waals surface area contributed by atoms with Crippen molar-refractivity contribution in [1.82, 2.24) is 4.90 Å². The number of nitrogens with zero attached hydrogens (tertiary/aromatic N) is 1. The topological polar surface area (TPSA) is 66.8 Å². The zero-order chi connectivity index (χ0) is 13.1. The number of hydrogen-bond donors (Lipinski definition) is 1. The van der Waals surface area contributed by atoms with Gasteiger partial charge in [0.15, 0.2) is 0 Å². The van der Waals surface area contributed by atoms with Crippen molar-refractivity contribution in [3.8, 4) is 0 Å². The molecule has 3 atom stereocenters. The minimum Gasteiger partial charge on any atom is -0.481 e. The molecule has 5 nitrogen and oxygen atoms in total. The minimum absolute atomic E-state index is 0.108. The van der Waals surface area contributed by atoms with Gasteiger partial charge in [-0.15, -0.1) is 0 Å². The van der Waals surface area contributed by atoms with Crippen LogP contribution in [-0.2, 0) is 14.3 Å². The van der Waals surface area contributed by atoms with E-state index in [0.717, 1.165) is 12.8 Å². The third kappa shape index (κ3) is 2.83. The maximum absolute atomic E-state index is 12.4. The molecule has 2 fully saturated rings. The quantitative estimate of drug-likeness (QED) is 0.803. The summed E-state index contributed by atoms with van der Waals surface area (Å²) in [5.41, 5.74) is 0. The van der Waals surface area contributed by atoms with Gasteiger partial charge in [0, 0.05) is 12.5 Å². The van der Waals surface area contributed by atoms with Crippen LogP contribution in [0.2, 0.25) is 0 Å². The summed E-state index contributed by atoms with van der Waals surface area (Å²) in [7, 11) is 0. The van der Waals surface area contributed by atoms with E-state index in [2.05, 4.69) is 0 Å². The van der Waals surface area contributed by atoms with E-state index in [1.165, 1.54) is 0 Å². The lowest BCUT2D eigenvalue weighted by atomic mass is 9.80. The summed E-state index contributed by atoms with van der Waals surface area (Å²) in [6.07, 6.45) is 2.87. The number of aliphatic carboxylic acids is 1. The van der Waals surface area contributed by atoms with Gasteiger partial charge in [-0.25, -0.2) is 0 Å². The fraction of sp³-hybridized carbons (Fsp3) is 0.846. The minimum atomic E-state index is -0.762. The molecule has 0 spiro atoms. The summed E-state index contributed by atoms with van der Waals surface area (Å²) in [4.78, 5) is 25.3. The lowest BCUT2D eigenvalue weighted by molar-refractivity contribution is -0.148. The summed E-state index contributed by atoms with van der Waals surface area (Å²) < 4.78 is 5.32. The zero-order valence-corrected chi connectivity index (χ0v) is 10.8. The first-order valence-corrected chi connectivity index (χ1v) is 6.70. The lowest BCUT2D eigenvalue weighted by Gasteiger charge is -2.37. The van der Waals surface area contributed by atoms with Crippen LogP contribution in [0.25, 0.3) is 0 Å². The van der Waals surface area contributed by atoms with Crippen LogP contribution < -0.4 is 0 Å². The number of amides is 1. The summed E-state index contributed by atoms with van der Waals surface area (Å²) in [6.45, 7) is 3.79. The Balaban J connectivity index is 1.97. The monoisotopic (exact) mass is 255 g/mol. The van der Waals surface area contributed by atoms with Crippen LogP contribution in [0.1, 0.15) is 32.6 Å². The Morgan fingerprint density at radius 2 is 2.00 bits per heavy atom. The van der Waals surface area contributed by atoms with Crippen molar-refractivity contribution in [2.75, 3.05) is 19.8 Å². The molecule has 0 aromatic carbocycles. The molecule has 1 N–H and O–H groups in total. The first-order valence-electron chi connectivity index (χ1n) is 6.70. The Labute approximate surface area is 107 Å². The summed E-state index contributed by atoms with van der Waals surface area (Å²) in [5.74, 6) is -1.09. The van der Waals surface area contributed by atoms with Crippen molar-refractivity contribution in [2.45, 2.75) is 38.6 Å². The molecule has 0 aromatic rings. The van der Waals surface area contributed by atoms with E-state index in [4.69, 9.17) is 9.84 Å². The Kier molecular flexibility index (Phi) is 4.22. The summed E-state index contributed by atoms with van der Waals surface area (Å²) in [6, 6.07) is 0.108. The van der Waals surface area contributed by atoms with Gasteiger partial charge in [0.05, 0.1) is 25.2 Å². The number of carbonyl (C=O) groups excluding carboxylic acids is 1. The normalized spacial score (nSPS) is 33.2. The van der Waals surface area contributed by atoms with Crippen molar-refractivity contribution < 1.29 is 19.4 Å². The van der Waals surface area contributed by atoms with Crippen molar-refractivity contribution in [1.29, 1.82) is 0 Å². The van der Waals surface area contributed by atoms with Crippen LogP contribution in [0.15, 0.2) is 0 Å². The maximum atomic E-state index is 12.4. The smallest absolute Gasteiger partial charge is 0.306 e. The second-order valence-electron chi connectivity index (χ2n) is 5.35. The number of carbonyl (C=O) groups is 2. The molecule has 1 heterocycles. The van der Waals surface area contributed by atoms with Gasteiger partial charge < -0.3 is 14.7 Å². The van der Waals surface area contributed by atoms with E-state index >= 15 is 0 Å². The first-order chi connectivity index (χ1) is 8.59. The van der Waals surface area contributed by atoms with Gasteiger partial charge in [-0.1, -0.05) is 6.42 Å². The predicted octanol–water partition coefficient (Wildman–Crippen LogP) is 1.12. The second-order valence-corrected chi connectivity index (χ2v) is 5.35. The molecule has 3 unspecified atom stereocenters. The largest absolute Gasteiger partial charge is 0.481 e. The molecular weight excluding hydrogens is 234 g/mol. The highest BCUT2D eigenvalue weighted by Crippen LogP contribution is 2.31. The van der Waals surface area contributed by atoms with Crippen molar-refractivity contribution in [3.63, 3.8) is 0 Å². The number of carboxylic acid groups (broad SMARTS) is 1. The van der Waals surface area contributed by atoms with E-state index in [1.807, 2.05) is 11.8 Å². The predicted molar refractivity (Wildman–Crippen MR) is 65.1 cm³/mol. The van der Waals surface area contributed by atoms with Gasteiger partial charge in [0.1, 0.15) is 0 Å². The van der Waals surface area contributed by atoms with Gasteiger partial charge in [0.25, 0.3) is 0 Å². The third-order valence-electron chi connectivity index (χ3n) is 4.02. The van der Waals surface area contributed by atoms with Gasteiger partial charge in [-0.3, -0.25) is 9.59 Å². The molecule has 0 aromatic heterocycles. The molecule has 2 rings (SSSR count). The number of ether oxygens (including phenoxy) is 1. The summed E-state index contributed by atoms with van der Waals surface area (Å²) in [5, 5.41) is 9.06. The highest BCUT2D eigenvalue weighted by atomic mass is 16.5. The van der Waals surface area contributed by atoms with Gasteiger partial charge in [0.2, 0.25) is 5.91 Å². The van der Waals surface area contributed by atoms with E-state index in [-0.39, 0.29) is 23.8 Å². The molecule has 1 aliphatic heterocycles. The molecule has 0 bridgehead atoms. The molecule has 102 valence electrons. The Bertz CT molecular complexity index is 331. The SMILES string of the molecule is CC1COCCN1C(=O)C1CCCC(C(=O)O)C1. The highest BCUT2D eigenvalue weighted by molar-refractivity contribution is 5.80. The average molecular weight is 255 g/mol. The number of carboxylic acids is 1. The fourth-order valence-corrected chi connectivity index (χ4v) is 2.93. The van der Waals surface area contributed by atoms with Crippen LogP contribution in [-0.4, -0.2) is 47.7 Å². The van der Waals surface area contributed by atoms with Crippen molar-refractivity contribution in [2.24, 2.45) is 11.8 Å².